The lowest BCUT2D eigenvalue weighted by Crippen LogP contribution is -2.45. The lowest BCUT2D eigenvalue weighted by atomic mass is 9.93. The van der Waals surface area contributed by atoms with Crippen molar-refractivity contribution in [3.8, 4) is 0 Å². The Kier molecular flexibility index (Phi) is 5.86. The molecule has 24 heavy (non-hydrogen) atoms. The summed E-state index contributed by atoms with van der Waals surface area (Å²) in [7, 11) is 0. The largest absolute Gasteiger partial charge is 0.444 e. The first-order valence-corrected chi connectivity index (χ1v) is 9.39. The van der Waals surface area contributed by atoms with Crippen LogP contribution in [0, 0.1) is 5.92 Å². The Balaban J connectivity index is 1.84. The summed E-state index contributed by atoms with van der Waals surface area (Å²) in [6.07, 6.45) is 4.88. The number of ether oxygens (including phenoxy) is 1. The average Bonchev–Trinajstić information content (AvgIpc) is 3.01. The molecule has 1 aromatic rings. The highest BCUT2D eigenvalue weighted by Gasteiger charge is 2.42. The number of hydrogen-bond donors (Lipinski definition) is 1. The molecule has 1 aromatic heterocycles. The van der Waals surface area contributed by atoms with Crippen LogP contribution >= 0.6 is 11.9 Å². The smallest absolute Gasteiger partial charge is 0.410 e. The van der Waals surface area contributed by atoms with E-state index in [1.54, 1.807) is 0 Å². The van der Waals surface area contributed by atoms with E-state index in [1.165, 1.54) is 11.9 Å². The topological polar surface area (TPSA) is 73.4 Å². The number of aromatic nitrogens is 2. The molecule has 7 heteroatoms. The number of carbonyl (C=O) groups excluding carboxylic acids is 1. The number of likely N-dealkylation sites (tertiary alicyclic amines) is 1. The minimum atomic E-state index is -0.454. The second-order valence-electron chi connectivity index (χ2n) is 8.15. The molecule has 1 unspecified atom stereocenters. The lowest BCUT2D eigenvalue weighted by molar-refractivity contribution is 0.0131. The van der Waals surface area contributed by atoms with Crippen molar-refractivity contribution in [1.29, 1.82) is 0 Å². The fraction of sp³-hybridized carbons (Fsp3) is 0.765. The van der Waals surface area contributed by atoms with Crippen molar-refractivity contribution < 1.29 is 9.53 Å². The molecule has 6 nitrogen and oxygen atoms in total. The molecule has 2 N–H and O–H groups in total. The lowest BCUT2D eigenvalue weighted by Gasteiger charge is -2.33. The van der Waals surface area contributed by atoms with E-state index in [9.17, 15) is 4.79 Å². The maximum absolute atomic E-state index is 12.4. The fourth-order valence-corrected chi connectivity index (χ4v) is 3.58. The Morgan fingerprint density at radius 3 is 2.79 bits per heavy atom. The Hall–Kier alpha value is -1.21. The average molecular weight is 355 g/mol. The Morgan fingerprint density at radius 2 is 2.21 bits per heavy atom. The van der Waals surface area contributed by atoms with Gasteiger partial charge in [0.1, 0.15) is 10.6 Å². The highest BCUT2D eigenvalue weighted by molar-refractivity contribution is 7.97. The first-order valence-electron chi connectivity index (χ1n) is 8.51. The predicted octanol–water partition coefficient (Wildman–Crippen LogP) is 3.66. The van der Waals surface area contributed by atoms with Crippen LogP contribution in [0.2, 0.25) is 0 Å². The van der Waals surface area contributed by atoms with Gasteiger partial charge in [0.15, 0.2) is 0 Å². The van der Waals surface area contributed by atoms with E-state index >= 15 is 0 Å². The zero-order valence-electron chi connectivity index (χ0n) is 15.4. The number of rotatable bonds is 5. The van der Waals surface area contributed by atoms with Gasteiger partial charge in [0, 0.05) is 24.8 Å². The van der Waals surface area contributed by atoms with Crippen LogP contribution in [0.5, 0.6) is 0 Å². The number of aryl methyl sites for hydroxylation is 1. The normalized spacial score (nSPS) is 20.4. The van der Waals surface area contributed by atoms with Crippen molar-refractivity contribution in [3.05, 3.63) is 12.3 Å². The fourth-order valence-electron chi connectivity index (χ4n) is 3.29. The minimum absolute atomic E-state index is 0.151. The van der Waals surface area contributed by atoms with Gasteiger partial charge in [-0.1, -0.05) is 0 Å². The quantitative estimate of drug-likeness (QED) is 0.817. The molecule has 0 saturated carbocycles. The summed E-state index contributed by atoms with van der Waals surface area (Å²) < 4.78 is 7.48. The van der Waals surface area contributed by atoms with Crippen molar-refractivity contribution in [3.63, 3.8) is 0 Å². The maximum atomic E-state index is 12.4. The van der Waals surface area contributed by atoms with Crippen LogP contribution < -0.4 is 5.14 Å². The molecule has 0 aromatic carbocycles. The molecular formula is C17H30N4O2S. The van der Waals surface area contributed by atoms with Crippen LogP contribution in [0.15, 0.2) is 17.3 Å². The number of nitrogens with zero attached hydrogens (tertiary/aromatic N) is 3. The van der Waals surface area contributed by atoms with Gasteiger partial charge in [-0.25, -0.2) is 4.79 Å². The Morgan fingerprint density at radius 1 is 1.50 bits per heavy atom. The summed E-state index contributed by atoms with van der Waals surface area (Å²) in [4.78, 5) is 14.3. The molecule has 2 rings (SSSR count). The monoisotopic (exact) mass is 354 g/mol. The zero-order valence-corrected chi connectivity index (χ0v) is 16.2. The van der Waals surface area contributed by atoms with Gasteiger partial charge in [-0.05, 0) is 77.8 Å². The van der Waals surface area contributed by atoms with Gasteiger partial charge in [0.2, 0.25) is 0 Å². The molecule has 1 aliphatic heterocycles. The summed E-state index contributed by atoms with van der Waals surface area (Å²) in [5.41, 5.74) is -0.605. The van der Waals surface area contributed by atoms with Crippen LogP contribution in [0.1, 0.15) is 53.9 Å². The summed E-state index contributed by atoms with van der Waals surface area (Å²) in [5, 5.41) is 10.7. The third-order valence-electron chi connectivity index (χ3n) is 4.31. The molecular weight excluding hydrogens is 324 g/mol. The molecule has 0 aliphatic carbocycles. The third kappa shape index (κ3) is 5.14. The number of carbonyl (C=O) groups is 1. The molecule has 1 atom stereocenters. The van der Waals surface area contributed by atoms with Crippen LogP contribution in [0.4, 0.5) is 4.79 Å². The first-order chi connectivity index (χ1) is 11.1. The van der Waals surface area contributed by atoms with E-state index in [1.807, 2.05) is 42.6 Å². The predicted molar refractivity (Wildman–Crippen MR) is 96.6 cm³/mol. The second kappa shape index (κ2) is 7.35. The zero-order chi connectivity index (χ0) is 18.0. The van der Waals surface area contributed by atoms with Crippen molar-refractivity contribution >= 4 is 18.0 Å². The van der Waals surface area contributed by atoms with Crippen molar-refractivity contribution in [1.82, 2.24) is 14.7 Å². The second-order valence-corrected chi connectivity index (χ2v) is 8.80. The van der Waals surface area contributed by atoms with Crippen molar-refractivity contribution in [2.24, 2.45) is 11.1 Å². The van der Waals surface area contributed by atoms with Gasteiger partial charge >= 0.3 is 6.09 Å². The van der Waals surface area contributed by atoms with Gasteiger partial charge in [-0.3, -0.25) is 9.82 Å². The van der Waals surface area contributed by atoms with Crippen LogP contribution in [-0.2, 0) is 11.3 Å². The Labute approximate surface area is 149 Å². The van der Waals surface area contributed by atoms with Gasteiger partial charge in [0.25, 0.3) is 0 Å². The van der Waals surface area contributed by atoms with E-state index in [2.05, 4.69) is 18.9 Å². The third-order valence-corrected chi connectivity index (χ3v) is 4.77. The maximum Gasteiger partial charge on any atom is 0.410 e. The van der Waals surface area contributed by atoms with Crippen LogP contribution in [0.25, 0.3) is 0 Å². The summed E-state index contributed by atoms with van der Waals surface area (Å²) in [6.45, 7) is 11.6. The van der Waals surface area contributed by atoms with Crippen LogP contribution in [-0.4, -0.2) is 38.5 Å². The molecule has 1 amide bonds. The number of amides is 1. The van der Waals surface area contributed by atoms with Crippen molar-refractivity contribution in [2.45, 2.75) is 76.6 Å². The summed E-state index contributed by atoms with van der Waals surface area (Å²) in [5.74, 6) is 0.506. The van der Waals surface area contributed by atoms with Gasteiger partial charge < -0.3 is 9.64 Å². The first kappa shape index (κ1) is 19.1. The highest BCUT2D eigenvalue weighted by atomic mass is 32.2. The Bertz CT molecular complexity index is 565. The van der Waals surface area contributed by atoms with Gasteiger partial charge in [-0.2, -0.15) is 5.10 Å². The minimum Gasteiger partial charge on any atom is -0.444 e. The summed E-state index contributed by atoms with van der Waals surface area (Å²) in [6, 6.07) is 1.92. The van der Waals surface area contributed by atoms with E-state index in [0.29, 0.717) is 5.92 Å². The molecule has 136 valence electrons. The van der Waals surface area contributed by atoms with E-state index in [4.69, 9.17) is 9.88 Å². The molecule has 1 aliphatic rings. The SMILES string of the molecule is CC(C)(C)OC(=O)N1CC(CCCn2ccc(SN)n2)CC1(C)C. The number of nitrogens with two attached hydrogens (primary N) is 1. The molecule has 0 spiro atoms. The van der Waals surface area contributed by atoms with Gasteiger partial charge in [-0.15, -0.1) is 0 Å². The highest BCUT2D eigenvalue weighted by Crippen LogP contribution is 2.36. The van der Waals surface area contributed by atoms with Crippen LogP contribution in [0.3, 0.4) is 0 Å². The summed E-state index contributed by atoms with van der Waals surface area (Å²) >= 11 is 1.17. The van der Waals surface area contributed by atoms with Gasteiger partial charge in [0.05, 0.1) is 0 Å². The van der Waals surface area contributed by atoms with E-state index in [-0.39, 0.29) is 11.6 Å². The van der Waals surface area contributed by atoms with E-state index < -0.39 is 5.60 Å². The number of hydrogen-bond acceptors (Lipinski definition) is 5. The standard InChI is InChI=1S/C17H30N4O2S/c1-16(2,3)23-15(22)21-12-13(11-17(21,4)5)7-6-9-20-10-8-14(19-20)24-18/h8,10,13H,6-7,9,11-12,18H2,1-5H3. The molecule has 0 radical (unpaired) electrons. The molecule has 0 bridgehead atoms. The molecule has 1 fully saturated rings. The molecule has 2 heterocycles. The van der Waals surface area contributed by atoms with E-state index in [0.717, 1.165) is 37.4 Å². The van der Waals surface area contributed by atoms with Crippen molar-refractivity contribution in [2.75, 3.05) is 6.54 Å². The molecule has 1 saturated heterocycles.